The molecule has 0 heterocycles. The maximum absolute atomic E-state index is 4.52. The molecule has 0 fully saturated rings. The minimum absolute atomic E-state index is 0. The van der Waals surface area contributed by atoms with Crippen LogP contribution in [-0.4, -0.2) is 20.0 Å². The summed E-state index contributed by atoms with van der Waals surface area (Å²) in [5.74, 6) is 1.47. The molecule has 1 aliphatic carbocycles. The van der Waals surface area contributed by atoms with Gasteiger partial charge in [0.2, 0.25) is 0 Å². The number of hydrogen-bond acceptors (Lipinski definition) is 6. The van der Waals surface area contributed by atoms with E-state index in [1.54, 1.807) is 0 Å². The quantitative estimate of drug-likeness (QED) is 0.145. The molecule has 0 spiro atoms. The first-order valence-corrected chi connectivity index (χ1v) is 15.3. The van der Waals surface area contributed by atoms with Crippen molar-refractivity contribution in [3.8, 4) is 0 Å². The standard InChI is InChI=1S/C10H15.C3H9P.Ir.H2S6/c1-6-7(2)9(4)10(5)8(6)3;1-4(2)3;;1-3-5-6-4-2/h1-5H3;1-3H3;;1-2H/p-2. The molecule has 0 aliphatic heterocycles. The third-order valence-corrected chi connectivity index (χ3v) is 9.56. The van der Waals surface area contributed by atoms with Crippen LogP contribution in [0.15, 0.2) is 22.3 Å². The topological polar surface area (TPSA) is 0 Å². The van der Waals surface area contributed by atoms with Gasteiger partial charge in [0.15, 0.2) is 0 Å². The Balaban J connectivity index is -0.000000255. The first kappa shape index (κ1) is 28.5. The first-order valence-electron chi connectivity index (χ1n) is 5.92. The molecular weight excluding hydrogens is 572 g/mol. The molecule has 0 unspecified atom stereocenters. The van der Waals surface area contributed by atoms with Crippen LogP contribution in [0.1, 0.15) is 34.6 Å². The van der Waals surface area contributed by atoms with E-state index in [4.69, 9.17) is 0 Å². The summed E-state index contributed by atoms with van der Waals surface area (Å²) in [4.78, 5) is 0. The zero-order valence-corrected chi connectivity index (χ0v) is 21.9. The van der Waals surface area contributed by atoms with Gasteiger partial charge in [0, 0.05) is 26.0 Å². The van der Waals surface area contributed by atoms with E-state index in [0.717, 1.165) is 0 Å². The average Bonchev–Trinajstić information content (AvgIpc) is 2.55. The summed E-state index contributed by atoms with van der Waals surface area (Å²) < 4.78 is 0. The van der Waals surface area contributed by atoms with Gasteiger partial charge in [-0.15, -0.1) is 7.92 Å². The Bertz CT molecular complexity index is 300. The summed E-state index contributed by atoms with van der Waals surface area (Å²) in [7, 11) is 6.01. The van der Waals surface area contributed by atoms with Gasteiger partial charge in [-0.25, -0.2) is 0 Å². The Morgan fingerprint density at radius 3 is 1.00 bits per heavy atom. The summed E-state index contributed by atoms with van der Waals surface area (Å²) in [6, 6.07) is 0. The van der Waals surface area contributed by atoms with Crippen molar-refractivity contribution >= 4 is 70.5 Å². The third kappa shape index (κ3) is 14.7. The molecule has 0 saturated carbocycles. The van der Waals surface area contributed by atoms with Crippen LogP contribution < -0.4 is 0 Å². The Hall–Kier alpha value is 2.66. The predicted molar refractivity (Wildman–Crippen MR) is 115 cm³/mol. The van der Waals surface area contributed by atoms with Crippen LogP contribution in [0.5, 0.6) is 0 Å². The Labute approximate surface area is 172 Å². The second-order valence-corrected chi connectivity index (χ2v) is 14.5. The van der Waals surface area contributed by atoms with E-state index < -0.39 is 0 Å². The smallest absolute Gasteiger partial charge is 0.0226 e. The van der Waals surface area contributed by atoms with Gasteiger partial charge in [-0.1, -0.05) is 18.1 Å². The van der Waals surface area contributed by atoms with Crippen molar-refractivity contribution in [3.05, 3.63) is 28.2 Å². The van der Waals surface area contributed by atoms with E-state index in [1.807, 2.05) is 0 Å². The molecule has 0 nitrogen and oxygen atoms in total. The molecule has 0 aromatic carbocycles. The number of rotatable bonds is 3. The Kier molecular flexibility index (Phi) is 23.7. The van der Waals surface area contributed by atoms with Crippen molar-refractivity contribution in [2.45, 2.75) is 34.6 Å². The molecule has 0 N–H and O–H groups in total. The minimum atomic E-state index is 0. The van der Waals surface area contributed by atoms with Crippen LogP contribution >= 0.6 is 47.2 Å². The molecular formula is C13H24IrPS6-2. The zero-order chi connectivity index (χ0) is 16.3. The number of allylic oxidation sites excluding steroid dienone is 4. The van der Waals surface area contributed by atoms with E-state index in [0.29, 0.717) is 7.92 Å². The summed E-state index contributed by atoms with van der Waals surface area (Å²) in [6.45, 7) is 17.7. The SMILES string of the molecule is CP(C)C.C[C]1C(C)=C(C)C(C)=C1C.[Ir].[S-]SSSS[S-]. The van der Waals surface area contributed by atoms with E-state index in [-0.39, 0.29) is 20.1 Å². The second-order valence-electron chi connectivity index (χ2n) is 4.74. The summed E-state index contributed by atoms with van der Waals surface area (Å²) in [6.07, 6.45) is 0. The fourth-order valence-corrected chi connectivity index (χ4v) is 6.92. The van der Waals surface area contributed by atoms with Gasteiger partial charge in [-0.3, -0.25) is 19.7 Å². The maximum atomic E-state index is 4.52. The van der Waals surface area contributed by atoms with Crippen LogP contribution in [0.25, 0.3) is 0 Å². The van der Waals surface area contributed by atoms with Crippen molar-refractivity contribution in [2.75, 3.05) is 20.0 Å². The molecule has 0 bridgehead atoms. The molecule has 1 rings (SSSR count). The molecule has 0 aromatic heterocycles. The monoisotopic (exact) mass is 596 g/mol. The van der Waals surface area contributed by atoms with E-state index in [2.05, 4.69) is 77.9 Å². The van der Waals surface area contributed by atoms with Crippen molar-refractivity contribution in [3.63, 3.8) is 0 Å². The summed E-state index contributed by atoms with van der Waals surface area (Å²) in [5, 5.41) is 0. The molecule has 0 amide bonds. The van der Waals surface area contributed by atoms with Crippen molar-refractivity contribution in [2.24, 2.45) is 0 Å². The van der Waals surface area contributed by atoms with Crippen molar-refractivity contribution in [1.29, 1.82) is 0 Å². The van der Waals surface area contributed by atoms with Crippen LogP contribution in [0.2, 0.25) is 0 Å². The van der Waals surface area contributed by atoms with Gasteiger partial charge >= 0.3 is 0 Å². The van der Waals surface area contributed by atoms with Gasteiger partial charge in [-0.05, 0) is 78.5 Å². The van der Waals surface area contributed by atoms with Crippen molar-refractivity contribution in [1.82, 2.24) is 0 Å². The molecule has 2 radical (unpaired) electrons. The summed E-state index contributed by atoms with van der Waals surface area (Å²) in [5.41, 5.74) is 5.87. The van der Waals surface area contributed by atoms with E-state index in [9.17, 15) is 0 Å². The van der Waals surface area contributed by atoms with Crippen molar-refractivity contribution < 1.29 is 20.1 Å². The average molecular weight is 596 g/mol. The minimum Gasteiger partial charge on any atom is -0.706 e. The van der Waals surface area contributed by atoms with Gasteiger partial charge in [-0.2, -0.15) is 0 Å². The first-order chi connectivity index (χ1) is 9.20. The summed E-state index contributed by atoms with van der Waals surface area (Å²) >= 11 is 9.03. The molecule has 8 heteroatoms. The zero-order valence-electron chi connectivity index (χ0n) is 13.7. The molecule has 21 heavy (non-hydrogen) atoms. The Morgan fingerprint density at radius 2 is 0.905 bits per heavy atom. The normalized spacial score (nSPS) is 14.4. The fourth-order valence-electron chi connectivity index (χ4n) is 1.43. The van der Waals surface area contributed by atoms with Gasteiger partial charge in [0.05, 0.1) is 0 Å². The van der Waals surface area contributed by atoms with Crippen LogP contribution in [-0.2, 0) is 43.4 Å². The fraction of sp³-hybridized carbons (Fsp3) is 0.615. The molecule has 0 aromatic rings. The van der Waals surface area contributed by atoms with Crippen LogP contribution in [0.3, 0.4) is 0 Å². The van der Waals surface area contributed by atoms with Crippen LogP contribution in [0, 0.1) is 5.92 Å². The molecule has 1 aliphatic rings. The van der Waals surface area contributed by atoms with E-state index in [1.165, 1.54) is 67.5 Å². The number of hydrogen-bond donors (Lipinski definition) is 0. The van der Waals surface area contributed by atoms with Gasteiger partial charge in [0.1, 0.15) is 0 Å². The third-order valence-electron chi connectivity index (χ3n) is 2.90. The van der Waals surface area contributed by atoms with Gasteiger partial charge < -0.3 is 23.3 Å². The predicted octanol–water partition coefficient (Wildman–Crippen LogP) is 7.21. The van der Waals surface area contributed by atoms with Gasteiger partial charge in [0.25, 0.3) is 0 Å². The second kappa shape index (κ2) is 17.5. The largest absolute Gasteiger partial charge is 0.706 e. The Morgan fingerprint density at radius 1 is 0.667 bits per heavy atom. The van der Waals surface area contributed by atoms with Crippen LogP contribution in [0.4, 0.5) is 0 Å². The molecule has 0 saturated heterocycles. The molecule has 0 atom stereocenters. The van der Waals surface area contributed by atoms with E-state index >= 15 is 0 Å². The molecule has 128 valence electrons. The maximum Gasteiger partial charge on any atom is 0.0226 e.